The standard InChI is InChI=1S/C11H20F3N3/c1-10(2)4-3-5-17(7-10)6-8(9(15)16)11(12,13)14/h8H,3-7H2,1-2H3,(H3,15,16). The number of piperidine rings is 1. The summed E-state index contributed by atoms with van der Waals surface area (Å²) < 4.78 is 38.0. The van der Waals surface area contributed by atoms with Crippen molar-refractivity contribution in [1.82, 2.24) is 4.90 Å². The molecule has 100 valence electrons. The zero-order valence-corrected chi connectivity index (χ0v) is 10.3. The molecule has 0 amide bonds. The number of amidine groups is 1. The molecule has 1 unspecified atom stereocenters. The molecule has 6 heteroatoms. The molecule has 1 fully saturated rings. The van der Waals surface area contributed by atoms with Gasteiger partial charge in [-0.05, 0) is 24.8 Å². The largest absolute Gasteiger partial charge is 0.399 e. The minimum Gasteiger partial charge on any atom is -0.387 e. The van der Waals surface area contributed by atoms with Crippen LogP contribution in [0.25, 0.3) is 0 Å². The van der Waals surface area contributed by atoms with Gasteiger partial charge < -0.3 is 10.6 Å². The van der Waals surface area contributed by atoms with Crippen molar-refractivity contribution in [3.05, 3.63) is 0 Å². The molecule has 1 heterocycles. The summed E-state index contributed by atoms with van der Waals surface area (Å²) in [6.45, 7) is 5.20. The Bertz CT molecular complexity index is 286. The highest BCUT2D eigenvalue weighted by Gasteiger charge is 2.43. The van der Waals surface area contributed by atoms with Crippen molar-refractivity contribution in [3.8, 4) is 0 Å². The first-order valence-corrected chi connectivity index (χ1v) is 5.75. The molecule has 1 aliphatic rings. The first kappa shape index (κ1) is 14.3. The molecule has 1 atom stereocenters. The Labute approximate surface area is 99.7 Å². The number of likely N-dealkylation sites (tertiary alicyclic amines) is 1. The van der Waals surface area contributed by atoms with E-state index >= 15 is 0 Å². The van der Waals surface area contributed by atoms with E-state index in [9.17, 15) is 13.2 Å². The maximum atomic E-state index is 12.7. The van der Waals surface area contributed by atoms with Gasteiger partial charge in [-0.3, -0.25) is 5.41 Å². The predicted octanol–water partition coefficient (Wildman–Crippen LogP) is 2.22. The van der Waals surface area contributed by atoms with Gasteiger partial charge in [0.2, 0.25) is 0 Å². The highest BCUT2D eigenvalue weighted by atomic mass is 19.4. The topological polar surface area (TPSA) is 53.1 Å². The Morgan fingerprint density at radius 2 is 2.06 bits per heavy atom. The van der Waals surface area contributed by atoms with E-state index in [2.05, 4.69) is 13.8 Å². The minimum absolute atomic E-state index is 0.0468. The highest BCUT2D eigenvalue weighted by molar-refractivity contribution is 5.80. The van der Waals surface area contributed by atoms with E-state index < -0.39 is 17.9 Å². The number of nitrogens with two attached hydrogens (primary N) is 1. The summed E-state index contributed by atoms with van der Waals surface area (Å²) in [4.78, 5) is 1.77. The van der Waals surface area contributed by atoms with Crippen molar-refractivity contribution in [1.29, 1.82) is 5.41 Å². The highest BCUT2D eigenvalue weighted by Crippen LogP contribution is 2.32. The summed E-state index contributed by atoms with van der Waals surface area (Å²) in [5.41, 5.74) is 5.09. The van der Waals surface area contributed by atoms with Gasteiger partial charge in [-0.1, -0.05) is 13.8 Å². The van der Waals surface area contributed by atoms with Crippen LogP contribution in [-0.4, -0.2) is 36.5 Å². The van der Waals surface area contributed by atoms with E-state index in [-0.39, 0.29) is 12.0 Å². The third-order valence-corrected chi connectivity index (χ3v) is 3.19. The normalized spacial score (nSPS) is 23.4. The van der Waals surface area contributed by atoms with Gasteiger partial charge in [-0.15, -0.1) is 0 Å². The Hall–Kier alpha value is -0.780. The lowest BCUT2D eigenvalue weighted by atomic mass is 9.84. The average Bonchev–Trinajstić information content (AvgIpc) is 2.10. The Kier molecular flexibility index (Phi) is 4.06. The van der Waals surface area contributed by atoms with Crippen LogP contribution in [-0.2, 0) is 0 Å². The number of hydrogen-bond acceptors (Lipinski definition) is 2. The summed E-state index contributed by atoms with van der Waals surface area (Å²) in [7, 11) is 0. The number of halogens is 3. The molecule has 3 nitrogen and oxygen atoms in total. The smallest absolute Gasteiger partial charge is 0.387 e. The lowest BCUT2D eigenvalue weighted by molar-refractivity contribution is -0.161. The van der Waals surface area contributed by atoms with E-state index in [1.165, 1.54) is 0 Å². The molecule has 3 N–H and O–H groups in total. The van der Waals surface area contributed by atoms with Crippen LogP contribution in [0, 0.1) is 16.7 Å². The molecule has 0 aromatic carbocycles. The van der Waals surface area contributed by atoms with Crippen molar-refractivity contribution in [2.45, 2.75) is 32.9 Å². The number of nitrogens with zero attached hydrogens (tertiary/aromatic N) is 1. The average molecular weight is 251 g/mol. The van der Waals surface area contributed by atoms with Crippen LogP contribution >= 0.6 is 0 Å². The van der Waals surface area contributed by atoms with Crippen LogP contribution < -0.4 is 5.73 Å². The molecule has 0 bridgehead atoms. The first-order chi connectivity index (χ1) is 7.62. The fraction of sp³-hybridized carbons (Fsp3) is 0.909. The lowest BCUT2D eigenvalue weighted by Gasteiger charge is -2.39. The van der Waals surface area contributed by atoms with E-state index in [4.69, 9.17) is 11.1 Å². The van der Waals surface area contributed by atoms with Crippen LogP contribution in [0.15, 0.2) is 0 Å². The third-order valence-electron chi connectivity index (χ3n) is 3.19. The monoisotopic (exact) mass is 251 g/mol. The third kappa shape index (κ3) is 4.18. The zero-order valence-electron chi connectivity index (χ0n) is 10.3. The molecule has 1 aliphatic heterocycles. The minimum atomic E-state index is -4.42. The van der Waals surface area contributed by atoms with E-state index in [0.717, 1.165) is 12.8 Å². The van der Waals surface area contributed by atoms with Gasteiger partial charge in [0.15, 0.2) is 0 Å². The van der Waals surface area contributed by atoms with Crippen LogP contribution in [0.1, 0.15) is 26.7 Å². The number of hydrogen-bond donors (Lipinski definition) is 2. The molecule has 0 saturated carbocycles. The molecular weight excluding hydrogens is 231 g/mol. The van der Waals surface area contributed by atoms with Gasteiger partial charge in [0.1, 0.15) is 11.8 Å². The van der Waals surface area contributed by atoms with Crippen molar-refractivity contribution < 1.29 is 13.2 Å². The fourth-order valence-corrected chi connectivity index (χ4v) is 2.34. The summed E-state index contributed by atoms with van der Waals surface area (Å²) in [5, 5.41) is 7.06. The maximum absolute atomic E-state index is 12.7. The molecule has 0 aromatic heterocycles. The molecule has 0 aliphatic carbocycles. The van der Waals surface area contributed by atoms with Gasteiger partial charge in [0.05, 0.1) is 0 Å². The van der Waals surface area contributed by atoms with Gasteiger partial charge in [-0.2, -0.15) is 13.2 Å². The first-order valence-electron chi connectivity index (χ1n) is 5.75. The van der Waals surface area contributed by atoms with Crippen LogP contribution in [0.4, 0.5) is 13.2 Å². The number of nitrogens with one attached hydrogen (secondary N) is 1. The van der Waals surface area contributed by atoms with Crippen LogP contribution in [0.3, 0.4) is 0 Å². The molecule has 0 aromatic rings. The number of rotatable bonds is 3. The van der Waals surface area contributed by atoms with Crippen molar-refractivity contribution in [3.63, 3.8) is 0 Å². The molecule has 0 spiro atoms. The van der Waals surface area contributed by atoms with Gasteiger partial charge >= 0.3 is 6.18 Å². The van der Waals surface area contributed by atoms with Crippen molar-refractivity contribution in [2.24, 2.45) is 17.1 Å². The summed E-state index contributed by atoms with van der Waals surface area (Å²) in [6, 6.07) is 0. The quantitative estimate of drug-likeness (QED) is 0.597. The second-order valence-electron chi connectivity index (χ2n) is 5.55. The number of alkyl halides is 3. The summed E-state index contributed by atoms with van der Waals surface area (Å²) >= 11 is 0. The van der Waals surface area contributed by atoms with E-state index in [1.54, 1.807) is 4.90 Å². The Morgan fingerprint density at radius 3 is 2.47 bits per heavy atom. The molecule has 1 saturated heterocycles. The summed E-state index contributed by atoms with van der Waals surface area (Å²) in [5.74, 6) is -2.63. The second-order valence-corrected chi connectivity index (χ2v) is 5.55. The maximum Gasteiger partial charge on any atom is 0.399 e. The van der Waals surface area contributed by atoms with E-state index in [1.807, 2.05) is 0 Å². The van der Waals surface area contributed by atoms with Gasteiger partial charge in [-0.25, -0.2) is 0 Å². The molecular formula is C11H20F3N3. The van der Waals surface area contributed by atoms with E-state index in [0.29, 0.717) is 13.1 Å². The zero-order chi connectivity index (χ0) is 13.3. The SMILES string of the molecule is CC1(C)CCCN(CC(C(=N)N)C(F)(F)F)C1. The Morgan fingerprint density at radius 1 is 1.47 bits per heavy atom. The van der Waals surface area contributed by atoms with Crippen LogP contribution in [0.5, 0.6) is 0 Å². The molecule has 0 radical (unpaired) electrons. The molecule has 1 rings (SSSR count). The summed E-state index contributed by atoms with van der Waals surface area (Å²) in [6.07, 6.45) is -2.50. The van der Waals surface area contributed by atoms with Gasteiger partial charge in [0, 0.05) is 13.1 Å². The predicted molar refractivity (Wildman–Crippen MR) is 60.9 cm³/mol. The van der Waals surface area contributed by atoms with Gasteiger partial charge in [0.25, 0.3) is 0 Å². The lowest BCUT2D eigenvalue weighted by Crippen LogP contribution is -2.48. The fourth-order valence-electron chi connectivity index (χ4n) is 2.34. The molecule has 17 heavy (non-hydrogen) atoms. The van der Waals surface area contributed by atoms with Crippen molar-refractivity contribution >= 4 is 5.84 Å². The van der Waals surface area contributed by atoms with Crippen LogP contribution in [0.2, 0.25) is 0 Å². The van der Waals surface area contributed by atoms with Crippen molar-refractivity contribution in [2.75, 3.05) is 19.6 Å². The second kappa shape index (κ2) is 4.84. The Balaban J connectivity index is 2.65.